The van der Waals surface area contributed by atoms with E-state index in [1.807, 2.05) is 31.2 Å². The normalized spacial score (nSPS) is 12.4. The molecule has 0 fully saturated rings. The van der Waals surface area contributed by atoms with Gasteiger partial charge in [0.25, 0.3) is 0 Å². The van der Waals surface area contributed by atoms with Gasteiger partial charge in [0.2, 0.25) is 0 Å². The molecule has 0 radical (unpaired) electrons. The Morgan fingerprint density at radius 1 is 1.18 bits per heavy atom. The number of hydrazine groups is 1. The van der Waals surface area contributed by atoms with Crippen LogP contribution in [0.25, 0.3) is 0 Å². The molecule has 0 aliphatic carbocycles. The van der Waals surface area contributed by atoms with E-state index in [9.17, 15) is 0 Å². The molecule has 2 aromatic rings. The maximum absolute atomic E-state index is 5.95. The van der Waals surface area contributed by atoms with Crippen molar-refractivity contribution in [1.29, 1.82) is 0 Å². The van der Waals surface area contributed by atoms with Crippen LogP contribution in [0.4, 0.5) is 5.69 Å². The maximum Gasteiger partial charge on any atom is 0.0747 e. The van der Waals surface area contributed by atoms with Gasteiger partial charge in [-0.2, -0.15) is 0 Å². The van der Waals surface area contributed by atoms with Crippen LogP contribution >= 0.6 is 0 Å². The van der Waals surface area contributed by atoms with Gasteiger partial charge in [-0.05, 0) is 24.1 Å². The summed E-state index contributed by atoms with van der Waals surface area (Å²) in [7, 11) is 0. The summed E-state index contributed by atoms with van der Waals surface area (Å²) in [6.07, 6.45) is 3.41. The van der Waals surface area contributed by atoms with E-state index in [0.29, 0.717) is 5.69 Å². The monoisotopic (exact) mass is 228 g/mol. The molecule has 17 heavy (non-hydrogen) atoms. The Morgan fingerprint density at radius 2 is 1.94 bits per heavy atom. The van der Waals surface area contributed by atoms with E-state index in [0.717, 1.165) is 11.1 Å². The molecule has 0 spiro atoms. The molecule has 1 aromatic heterocycles. The summed E-state index contributed by atoms with van der Waals surface area (Å²) in [6, 6.07) is 9.71. The van der Waals surface area contributed by atoms with Crippen molar-refractivity contribution >= 4 is 5.69 Å². The average molecular weight is 228 g/mol. The third-order valence-electron chi connectivity index (χ3n) is 2.86. The first-order valence-electron chi connectivity index (χ1n) is 5.45. The van der Waals surface area contributed by atoms with E-state index in [2.05, 4.69) is 10.4 Å². The van der Waals surface area contributed by atoms with Crippen molar-refractivity contribution in [2.45, 2.75) is 13.0 Å². The lowest BCUT2D eigenvalue weighted by molar-refractivity contribution is 0.633. The Balaban J connectivity index is 2.48. The van der Waals surface area contributed by atoms with Gasteiger partial charge in [-0.25, -0.2) is 5.43 Å². The summed E-state index contributed by atoms with van der Waals surface area (Å²) >= 11 is 0. The number of nitrogens with one attached hydrogen (secondary N) is 1. The van der Waals surface area contributed by atoms with Crippen LogP contribution in [0.2, 0.25) is 0 Å². The van der Waals surface area contributed by atoms with Crippen LogP contribution in [0.15, 0.2) is 42.7 Å². The zero-order valence-electron chi connectivity index (χ0n) is 9.72. The van der Waals surface area contributed by atoms with Crippen molar-refractivity contribution in [3.8, 4) is 0 Å². The lowest BCUT2D eigenvalue weighted by Crippen LogP contribution is -2.30. The fourth-order valence-electron chi connectivity index (χ4n) is 1.92. The number of aromatic nitrogens is 1. The highest BCUT2D eigenvalue weighted by Gasteiger charge is 2.16. The summed E-state index contributed by atoms with van der Waals surface area (Å²) in [5.74, 6) is 5.64. The Bertz CT molecular complexity index is 465. The van der Waals surface area contributed by atoms with Gasteiger partial charge in [0.1, 0.15) is 0 Å². The van der Waals surface area contributed by atoms with E-state index in [4.69, 9.17) is 11.6 Å². The molecule has 1 atom stereocenters. The molecule has 4 nitrogen and oxygen atoms in total. The van der Waals surface area contributed by atoms with Crippen LogP contribution in [0.5, 0.6) is 0 Å². The first kappa shape index (κ1) is 11.6. The van der Waals surface area contributed by atoms with E-state index in [-0.39, 0.29) is 6.04 Å². The molecule has 4 heteroatoms. The minimum absolute atomic E-state index is 0.134. The van der Waals surface area contributed by atoms with E-state index < -0.39 is 0 Å². The number of benzene rings is 1. The molecule has 0 bridgehead atoms. The second-order valence-corrected chi connectivity index (χ2v) is 3.96. The number of pyridine rings is 1. The molecule has 1 aromatic carbocycles. The number of aryl methyl sites for hydroxylation is 1. The van der Waals surface area contributed by atoms with Crippen LogP contribution in [-0.2, 0) is 0 Å². The van der Waals surface area contributed by atoms with Crippen LogP contribution in [0.1, 0.15) is 22.7 Å². The lowest BCUT2D eigenvalue weighted by Gasteiger charge is -2.20. The highest BCUT2D eigenvalue weighted by atomic mass is 15.2. The lowest BCUT2D eigenvalue weighted by atomic mass is 9.96. The van der Waals surface area contributed by atoms with Gasteiger partial charge in [0, 0.05) is 23.6 Å². The Labute approximate surface area is 101 Å². The Morgan fingerprint density at radius 3 is 2.59 bits per heavy atom. The second-order valence-electron chi connectivity index (χ2n) is 3.96. The molecule has 88 valence electrons. The van der Waals surface area contributed by atoms with E-state index >= 15 is 0 Å². The van der Waals surface area contributed by atoms with Crippen LogP contribution in [0.3, 0.4) is 0 Å². The van der Waals surface area contributed by atoms with Gasteiger partial charge in [-0.15, -0.1) is 0 Å². The first-order valence-corrected chi connectivity index (χ1v) is 5.45. The van der Waals surface area contributed by atoms with Gasteiger partial charge in [-0.3, -0.25) is 10.8 Å². The minimum atomic E-state index is -0.134. The Kier molecular flexibility index (Phi) is 3.37. The van der Waals surface area contributed by atoms with Crippen molar-refractivity contribution in [2.24, 2.45) is 5.84 Å². The standard InChI is InChI=1S/C13H16N4/c1-9-4-2-3-5-10(9)13(17-15)11-8-16-7-6-12(11)14/h2-8,13,17H,15H2,1H3,(H2,14,16). The van der Waals surface area contributed by atoms with Crippen LogP contribution < -0.4 is 17.0 Å². The zero-order chi connectivity index (χ0) is 12.3. The third kappa shape index (κ3) is 2.27. The summed E-state index contributed by atoms with van der Waals surface area (Å²) in [6.45, 7) is 2.05. The predicted octanol–water partition coefficient (Wildman–Crippen LogP) is 1.52. The molecule has 2 rings (SSSR count). The quantitative estimate of drug-likeness (QED) is 0.550. The van der Waals surface area contributed by atoms with Crippen LogP contribution in [0, 0.1) is 6.92 Å². The topological polar surface area (TPSA) is 77.0 Å². The fourth-order valence-corrected chi connectivity index (χ4v) is 1.92. The van der Waals surface area contributed by atoms with Crippen molar-refractivity contribution in [3.63, 3.8) is 0 Å². The van der Waals surface area contributed by atoms with Gasteiger partial charge in [0.15, 0.2) is 0 Å². The summed E-state index contributed by atoms with van der Waals surface area (Å²) in [4.78, 5) is 4.09. The smallest absolute Gasteiger partial charge is 0.0747 e. The van der Waals surface area contributed by atoms with Crippen molar-refractivity contribution in [3.05, 3.63) is 59.4 Å². The number of hydrogen-bond acceptors (Lipinski definition) is 4. The molecular weight excluding hydrogens is 212 g/mol. The highest BCUT2D eigenvalue weighted by Crippen LogP contribution is 2.27. The minimum Gasteiger partial charge on any atom is -0.398 e. The van der Waals surface area contributed by atoms with Gasteiger partial charge in [-0.1, -0.05) is 24.3 Å². The molecular formula is C13H16N4. The molecule has 0 aliphatic heterocycles. The number of nitrogen functional groups attached to an aromatic ring is 1. The fraction of sp³-hybridized carbons (Fsp3) is 0.154. The Hall–Kier alpha value is -1.91. The second kappa shape index (κ2) is 4.95. The highest BCUT2D eigenvalue weighted by molar-refractivity contribution is 5.50. The molecule has 0 aliphatic rings. The molecule has 1 unspecified atom stereocenters. The number of hydrogen-bond donors (Lipinski definition) is 3. The van der Waals surface area contributed by atoms with Gasteiger partial charge in [0.05, 0.1) is 6.04 Å². The molecule has 1 heterocycles. The predicted molar refractivity (Wildman–Crippen MR) is 69.0 cm³/mol. The third-order valence-corrected chi connectivity index (χ3v) is 2.86. The number of nitrogens with two attached hydrogens (primary N) is 2. The first-order chi connectivity index (χ1) is 8.24. The van der Waals surface area contributed by atoms with E-state index in [1.165, 1.54) is 5.56 Å². The molecule has 5 N–H and O–H groups in total. The maximum atomic E-state index is 5.95. The van der Waals surface area contributed by atoms with Gasteiger partial charge < -0.3 is 5.73 Å². The zero-order valence-corrected chi connectivity index (χ0v) is 9.72. The number of rotatable bonds is 3. The largest absolute Gasteiger partial charge is 0.398 e. The average Bonchev–Trinajstić information content (AvgIpc) is 2.34. The SMILES string of the molecule is Cc1ccccc1C(NN)c1cnccc1N. The summed E-state index contributed by atoms with van der Waals surface area (Å²) in [5, 5.41) is 0. The molecule has 0 saturated carbocycles. The summed E-state index contributed by atoms with van der Waals surface area (Å²) < 4.78 is 0. The van der Waals surface area contributed by atoms with Crippen molar-refractivity contribution in [1.82, 2.24) is 10.4 Å². The van der Waals surface area contributed by atoms with Gasteiger partial charge >= 0.3 is 0 Å². The molecule has 0 amide bonds. The molecule has 0 saturated heterocycles. The number of anilines is 1. The van der Waals surface area contributed by atoms with E-state index in [1.54, 1.807) is 18.5 Å². The summed E-state index contributed by atoms with van der Waals surface area (Å²) in [5.41, 5.74) is 12.6. The van der Waals surface area contributed by atoms with Crippen molar-refractivity contribution < 1.29 is 0 Å². The number of nitrogens with zero attached hydrogens (tertiary/aromatic N) is 1. The van der Waals surface area contributed by atoms with Crippen molar-refractivity contribution in [2.75, 3.05) is 5.73 Å². The van der Waals surface area contributed by atoms with Crippen LogP contribution in [-0.4, -0.2) is 4.98 Å².